The van der Waals surface area contributed by atoms with Gasteiger partial charge in [0.1, 0.15) is 12.2 Å². The third-order valence-corrected chi connectivity index (χ3v) is 8.50. The van der Waals surface area contributed by atoms with Crippen molar-refractivity contribution in [2.75, 3.05) is 0 Å². The molecule has 2 unspecified atom stereocenters. The molecule has 3 aliphatic rings. The summed E-state index contributed by atoms with van der Waals surface area (Å²) in [6.07, 6.45) is -0.790. The normalized spacial score (nSPS) is 38.4. The standard InChI is InChI=1S/C20H28O5Si/c1-19(2)23-16-17(22-12-13-9-7-6-8-10-13)20(25-18(16)24-19)14(21)11-15(20)26(3,4)5/h6-10,15-18H,11-12H2,1-5H3/t15?,16-,17?,18-,20+/m0/s1. The highest BCUT2D eigenvalue weighted by atomic mass is 28.3. The van der Waals surface area contributed by atoms with Gasteiger partial charge in [0.25, 0.3) is 0 Å². The lowest BCUT2D eigenvalue weighted by atomic mass is 9.73. The summed E-state index contributed by atoms with van der Waals surface area (Å²) in [5, 5.41) is 0. The minimum atomic E-state index is -1.62. The van der Waals surface area contributed by atoms with Gasteiger partial charge in [0.05, 0.1) is 14.7 Å². The summed E-state index contributed by atoms with van der Waals surface area (Å²) in [6, 6.07) is 10.00. The van der Waals surface area contributed by atoms with Gasteiger partial charge in [-0.05, 0) is 25.0 Å². The third kappa shape index (κ3) is 2.79. The van der Waals surface area contributed by atoms with E-state index in [1.54, 1.807) is 0 Å². The van der Waals surface area contributed by atoms with Gasteiger partial charge in [-0.3, -0.25) is 4.79 Å². The van der Waals surface area contributed by atoms with Crippen LogP contribution in [0.2, 0.25) is 25.2 Å². The fourth-order valence-corrected chi connectivity index (χ4v) is 7.03. The van der Waals surface area contributed by atoms with E-state index in [1.807, 2.05) is 44.2 Å². The van der Waals surface area contributed by atoms with Crippen molar-refractivity contribution in [3.05, 3.63) is 35.9 Å². The van der Waals surface area contributed by atoms with Crippen molar-refractivity contribution >= 4 is 13.9 Å². The number of fused-ring (bicyclic) bond motifs is 1. The molecule has 0 bridgehead atoms. The van der Waals surface area contributed by atoms with Crippen LogP contribution in [0.3, 0.4) is 0 Å². The van der Waals surface area contributed by atoms with E-state index >= 15 is 0 Å². The number of ether oxygens (including phenoxy) is 4. The molecule has 1 aromatic rings. The molecule has 0 amide bonds. The van der Waals surface area contributed by atoms with Crippen LogP contribution in [0.1, 0.15) is 25.8 Å². The number of Topliss-reactive ketones (excluding diaryl/α,β-unsaturated/α-hetero) is 1. The molecule has 2 aliphatic heterocycles. The molecule has 5 nitrogen and oxygen atoms in total. The van der Waals surface area contributed by atoms with Gasteiger partial charge in [-0.25, -0.2) is 0 Å². The average Bonchev–Trinajstić information content (AvgIpc) is 3.01. The number of hydrogen-bond donors (Lipinski definition) is 0. The molecule has 3 fully saturated rings. The van der Waals surface area contributed by atoms with Crippen molar-refractivity contribution in [2.24, 2.45) is 0 Å². The Balaban J connectivity index is 1.64. The topological polar surface area (TPSA) is 54.0 Å². The van der Waals surface area contributed by atoms with E-state index in [2.05, 4.69) is 19.6 Å². The van der Waals surface area contributed by atoms with Gasteiger partial charge in [-0.15, -0.1) is 0 Å². The maximum absolute atomic E-state index is 12.8. The largest absolute Gasteiger partial charge is 0.367 e. The third-order valence-electron chi connectivity index (χ3n) is 5.78. The maximum atomic E-state index is 12.8. The van der Waals surface area contributed by atoms with Crippen LogP contribution < -0.4 is 0 Å². The molecule has 5 atom stereocenters. The highest BCUT2D eigenvalue weighted by Crippen LogP contribution is 2.59. The minimum Gasteiger partial charge on any atom is -0.367 e. The molecule has 26 heavy (non-hydrogen) atoms. The van der Waals surface area contributed by atoms with Crippen LogP contribution in [-0.2, 0) is 30.3 Å². The molecule has 1 aliphatic carbocycles. The number of hydrogen-bond acceptors (Lipinski definition) is 5. The Morgan fingerprint density at radius 1 is 1.12 bits per heavy atom. The zero-order valence-electron chi connectivity index (χ0n) is 16.2. The Bertz CT molecular complexity index is 698. The fourth-order valence-electron chi connectivity index (χ4n) is 4.55. The first-order chi connectivity index (χ1) is 12.1. The van der Waals surface area contributed by atoms with Gasteiger partial charge >= 0.3 is 0 Å². The van der Waals surface area contributed by atoms with Crippen LogP contribution in [0, 0.1) is 0 Å². The Morgan fingerprint density at radius 3 is 2.42 bits per heavy atom. The second kappa shape index (κ2) is 5.97. The molecule has 0 N–H and O–H groups in total. The highest BCUT2D eigenvalue weighted by molar-refractivity contribution is 6.79. The summed E-state index contributed by atoms with van der Waals surface area (Å²) in [6.45, 7) is 11.0. The van der Waals surface area contributed by atoms with Crippen molar-refractivity contribution in [3.8, 4) is 0 Å². The van der Waals surface area contributed by atoms with Crippen molar-refractivity contribution in [2.45, 2.75) is 81.9 Å². The van der Waals surface area contributed by atoms with Gasteiger partial charge < -0.3 is 18.9 Å². The maximum Gasteiger partial charge on any atom is 0.191 e. The summed E-state index contributed by atoms with van der Waals surface area (Å²) < 4.78 is 24.7. The summed E-state index contributed by atoms with van der Waals surface area (Å²) in [5.74, 6) is -0.602. The van der Waals surface area contributed by atoms with Gasteiger partial charge in [0, 0.05) is 6.42 Å². The highest BCUT2D eigenvalue weighted by Gasteiger charge is 2.74. The summed E-state index contributed by atoms with van der Waals surface area (Å²) in [4.78, 5) is 12.8. The van der Waals surface area contributed by atoms with Crippen molar-refractivity contribution in [1.29, 1.82) is 0 Å². The number of carbonyl (C=O) groups is 1. The Morgan fingerprint density at radius 2 is 1.81 bits per heavy atom. The average molecular weight is 377 g/mol. The minimum absolute atomic E-state index is 0.127. The number of ketones is 1. The van der Waals surface area contributed by atoms with Crippen LogP contribution in [-0.4, -0.2) is 43.7 Å². The first-order valence-corrected chi connectivity index (χ1v) is 12.9. The molecule has 0 radical (unpaired) electrons. The Hall–Kier alpha value is -1.05. The van der Waals surface area contributed by atoms with Crippen LogP contribution in [0.4, 0.5) is 0 Å². The van der Waals surface area contributed by atoms with E-state index in [0.717, 1.165) is 5.56 Å². The molecule has 6 heteroatoms. The molecule has 2 saturated heterocycles. The van der Waals surface area contributed by atoms with E-state index in [-0.39, 0.29) is 17.4 Å². The van der Waals surface area contributed by atoms with Crippen molar-refractivity contribution in [3.63, 3.8) is 0 Å². The monoisotopic (exact) mass is 376 g/mol. The Kier molecular flexibility index (Phi) is 4.21. The molecule has 1 spiro atoms. The van der Waals surface area contributed by atoms with Crippen molar-refractivity contribution in [1.82, 2.24) is 0 Å². The SMILES string of the molecule is CC1(C)O[C@H]2O[C@@]3(C(=O)CC3[Si](C)(C)C)C(OCc3ccccc3)[C@@H]2O1. The molecule has 4 rings (SSSR count). The van der Waals surface area contributed by atoms with E-state index < -0.39 is 31.9 Å². The van der Waals surface area contributed by atoms with Crippen LogP contribution >= 0.6 is 0 Å². The number of rotatable bonds is 4. The van der Waals surface area contributed by atoms with Gasteiger partial charge in [0.2, 0.25) is 0 Å². The summed E-state index contributed by atoms with van der Waals surface area (Å²) in [7, 11) is -1.62. The van der Waals surface area contributed by atoms with Gasteiger partial charge in [-0.2, -0.15) is 0 Å². The van der Waals surface area contributed by atoms with Crippen LogP contribution in [0.25, 0.3) is 0 Å². The second-order valence-corrected chi connectivity index (χ2v) is 14.6. The quantitative estimate of drug-likeness (QED) is 0.753. The molecular weight excluding hydrogens is 348 g/mol. The zero-order valence-corrected chi connectivity index (χ0v) is 17.2. The number of benzene rings is 1. The van der Waals surface area contributed by atoms with Crippen molar-refractivity contribution < 1.29 is 23.7 Å². The molecule has 0 aromatic heterocycles. The fraction of sp³-hybridized carbons (Fsp3) is 0.650. The predicted octanol–water partition coefficient (Wildman–Crippen LogP) is 3.50. The van der Waals surface area contributed by atoms with Gasteiger partial charge in [-0.1, -0.05) is 50.0 Å². The number of carbonyl (C=O) groups excluding carboxylic acids is 1. The van der Waals surface area contributed by atoms with Crippen LogP contribution in [0.15, 0.2) is 30.3 Å². The Labute approximate surface area is 156 Å². The lowest BCUT2D eigenvalue weighted by molar-refractivity contribution is -0.251. The first kappa shape index (κ1) is 18.3. The van der Waals surface area contributed by atoms with E-state index in [1.165, 1.54) is 0 Å². The second-order valence-electron chi connectivity index (χ2n) is 9.14. The molecule has 1 aromatic carbocycles. The van der Waals surface area contributed by atoms with Gasteiger partial charge in [0.15, 0.2) is 23.5 Å². The zero-order chi connectivity index (χ0) is 18.7. The molecular formula is C20H28O5Si. The molecule has 2 heterocycles. The van der Waals surface area contributed by atoms with E-state index in [9.17, 15) is 4.79 Å². The molecule has 142 valence electrons. The van der Waals surface area contributed by atoms with E-state index in [4.69, 9.17) is 18.9 Å². The van der Waals surface area contributed by atoms with Crippen LogP contribution in [0.5, 0.6) is 0 Å². The molecule has 1 saturated carbocycles. The summed E-state index contributed by atoms with van der Waals surface area (Å²) >= 11 is 0. The first-order valence-electron chi connectivity index (χ1n) is 9.36. The summed E-state index contributed by atoms with van der Waals surface area (Å²) in [5.41, 5.74) is 0.371. The predicted molar refractivity (Wildman–Crippen MR) is 99.4 cm³/mol. The smallest absolute Gasteiger partial charge is 0.191 e. The lowest BCUT2D eigenvalue weighted by Gasteiger charge is -2.53. The van der Waals surface area contributed by atoms with E-state index in [0.29, 0.717) is 13.0 Å². The lowest BCUT2D eigenvalue weighted by Crippen LogP contribution is -2.67.